The van der Waals surface area contributed by atoms with Gasteiger partial charge in [0.05, 0.1) is 19.2 Å². The van der Waals surface area contributed by atoms with Crippen molar-refractivity contribution < 1.29 is 28.4 Å². The van der Waals surface area contributed by atoms with Crippen LogP contribution in [0.1, 0.15) is 28.7 Å². The maximum Gasteiger partial charge on any atom is 0.274 e. The van der Waals surface area contributed by atoms with Crippen LogP contribution in [0.2, 0.25) is 0 Å². The highest BCUT2D eigenvalue weighted by Gasteiger charge is 2.50. The molecular weight excluding hydrogens is 460 g/mol. The average Bonchev–Trinajstić information content (AvgIpc) is 3.42. The standard InChI is InChI=1S/C23H28N4O6S/c1-14-9-17(27-33-14)22(31)26-18(12-34-3)21(30)24-11-19(28)25-16(20(29)23(2)13-32-23)10-15-7-5-4-6-8-15/h4-9,16,18H,10-13H2,1-3H3,(H,24,30)(H,25,28)(H,26,31)/t16-,18-,23+/m0/s1. The molecule has 1 aliphatic heterocycles. The van der Waals surface area contributed by atoms with E-state index in [1.807, 2.05) is 30.3 Å². The number of thioether (sulfide) groups is 1. The first-order chi connectivity index (χ1) is 16.2. The Hall–Kier alpha value is -3.18. The summed E-state index contributed by atoms with van der Waals surface area (Å²) in [6.45, 7) is 3.30. The van der Waals surface area contributed by atoms with Gasteiger partial charge >= 0.3 is 0 Å². The minimum Gasteiger partial charge on any atom is -0.361 e. The lowest BCUT2D eigenvalue weighted by atomic mass is 9.95. The van der Waals surface area contributed by atoms with Crippen LogP contribution in [0.15, 0.2) is 40.9 Å². The number of amides is 3. The molecule has 0 bridgehead atoms. The molecule has 1 aliphatic rings. The van der Waals surface area contributed by atoms with Gasteiger partial charge in [-0.2, -0.15) is 11.8 Å². The van der Waals surface area contributed by atoms with Crippen molar-refractivity contribution >= 4 is 35.3 Å². The number of rotatable bonds is 12. The first kappa shape index (κ1) is 25.4. The fraction of sp³-hybridized carbons (Fsp3) is 0.435. The zero-order valence-electron chi connectivity index (χ0n) is 19.3. The number of hydrogen-bond donors (Lipinski definition) is 3. The minimum atomic E-state index is -0.900. The predicted molar refractivity (Wildman–Crippen MR) is 125 cm³/mol. The fourth-order valence-electron chi connectivity index (χ4n) is 3.27. The van der Waals surface area contributed by atoms with Gasteiger partial charge in [0.15, 0.2) is 11.5 Å². The van der Waals surface area contributed by atoms with Crippen molar-refractivity contribution in [1.82, 2.24) is 21.1 Å². The maximum absolute atomic E-state index is 12.9. The molecule has 1 saturated heterocycles. The van der Waals surface area contributed by atoms with Crippen LogP contribution in [0.4, 0.5) is 0 Å². The van der Waals surface area contributed by atoms with Crippen LogP contribution in [0.3, 0.4) is 0 Å². The lowest BCUT2D eigenvalue weighted by molar-refractivity contribution is -0.131. The second-order valence-corrected chi connectivity index (χ2v) is 9.13. The number of epoxide rings is 1. The third-order valence-electron chi connectivity index (χ3n) is 5.27. The van der Waals surface area contributed by atoms with Crippen LogP contribution in [0.5, 0.6) is 0 Å². The molecule has 10 nitrogen and oxygen atoms in total. The molecule has 182 valence electrons. The second kappa shape index (κ2) is 11.3. The summed E-state index contributed by atoms with van der Waals surface area (Å²) in [5.41, 5.74) is 0.0517. The van der Waals surface area contributed by atoms with Gasteiger partial charge in [-0.3, -0.25) is 19.2 Å². The van der Waals surface area contributed by atoms with Crippen LogP contribution in [-0.2, 0) is 25.5 Å². The van der Waals surface area contributed by atoms with Crippen LogP contribution in [0, 0.1) is 6.92 Å². The van der Waals surface area contributed by atoms with Crippen LogP contribution in [0.25, 0.3) is 0 Å². The van der Waals surface area contributed by atoms with Crippen molar-refractivity contribution in [3.63, 3.8) is 0 Å². The number of benzene rings is 1. The van der Waals surface area contributed by atoms with Crippen molar-refractivity contribution in [3.05, 3.63) is 53.4 Å². The molecule has 0 saturated carbocycles. The Kier molecular flexibility index (Phi) is 8.46. The highest BCUT2D eigenvalue weighted by Crippen LogP contribution is 2.29. The summed E-state index contributed by atoms with van der Waals surface area (Å²) < 4.78 is 10.2. The molecular formula is C23H28N4O6S. The van der Waals surface area contributed by atoms with E-state index in [1.54, 1.807) is 20.1 Å². The molecule has 0 spiro atoms. The van der Waals surface area contributed by atoms with E-state index in [2.05, 4.69) is 21.1 Å². The van der Waals surface area contributed by atoms with Crippen LogP contribution < -0.4 is 16.0 Å². The SMILES string of the molecule is CSC[C@H](NC(=O)c1cc(C)on1)C(=O)NCC(=O)N[C@@H](Cc1ccccc1)C(=O)[C@@]1(C)CO1. The number of carbonyl (C=O) groups is 4. The lowest BCUT2D eigenvalue weighted by Crippen LogP contribution is -2.53. The predicted octanol–water partition coefficient (Wildman–Crippen LogP) is 0.646. The molecule has 0 aliphatic carbocycles. The fourth-order valence-corrected chi connectivity index (χ4v) is 3.84. The van der Waals surface area contributed by atoms with E-state index in [-0.39, 0.29) is 18.0 Å². The van der Waals surface area contributed by atoms with Crippen LogP contribution in [-0.4, -0.2) is 71.5 Å². The molecule has 2 heterocycles. The van der Waals surface area contributed by atoms with E-state index in [9.17, 15) is 19.2 Å². The monoisotopic (exact) mass is 488 g/mol. The molecule has 3 atom stereocenters. The summed E-state index contributed by atoms with van der Waals surface area (Å²) in [5.74, 6) is -1.05. The third kappa shape index (κ3) is 6.91. The molecule has 11 heteroatoms. The molecule has 1 aromatic heterocycles. The zero-order chi connectivity index (χ0) is 24.7. The van der Waals surface area contributed by atoms with Crippen LogP contribution >= 0.6 is 11.8 Å². The van der Waals surface area contributed by atoms with E-state index >= 15 is 0 Å². The smallest absolute Gasteiger partial charge is 0.274 e. The average molecular weight is 489 g/mol. The molecule has 34 heavy (non-hydrogen) atoms. The molecule has 0 unspecified atom stereocenters. The van der Waals surface area contributed by atoms with E-state index in [4.69, 9.17) is 9.26 Å². The van der Waals surface area contributed by atoms with E-state index in [0.717, 1.165) is 5.56 Å². The Labute approximate surface area is 201 Å². The van der Waals surface area contributed by atoms with Gasteiger partial charge < -0.3 is 25.2 Å². The Balaban J connectivity index is 1.57. The third-order valence-corrected chi connectivity index (χ3v) is 5.94. The summed E-state index contributed by atoms with van der Waals surface area (Å²) in [7, 11) is 0. The summed E-state index contributed by atoms with van der Waals surface area (Å²) in [6, 6.07) is 9.11. The molecule has 0 radical (unpaired) electrons. The molecule has 1 aromatic carbocycles. The summed E-state index contributed by atoms with van der Waals surface area (Å²) >= 11 is 1.36. The van der Waals surface area contributed by atoms with Gasteiger partial charge in [-0.1, -0.05) is 35.5 Å². The van der Waals surface area contributed by atoms with Crippen molar-refractivity contribution in [1.29, 1.82) is 0 Å². The Morgan fingerprint density at radius 3 is 2.44 bits per heavy atom. The van der Waals surface area contributed by atoms with E-state index in [0.29, 0.717) is 24.5 Å². The number of aryl methyl sites for hydroxylation is 1. The Bertz CT molecular complexity index is 1040. The van der Waals surface area contributed by atoms with Gasteiger partial charge in [0.1, 0.15) is 17.4 Å². The van der Waals surface area contributed by atoms with Gasteiger partial charge in [0.25, 0.3) is 5.91 Å². The van der Waals surface area contributed by atoms with Crippen molar-refractivity contribution in [2.75, 3.05) is 25.2 Å². The molecule has 2 aromatic rings. The highest BCUT2D eigenvalue weighted by molar-refractivity contribution is 7.98. The number of hydrogen-bond acceptors (Lipinski definition) is 8. The number of nitrogens with zero attached hydrogens (tertiary/aromatic N) is 1. The van der Waals surface area contributed by atoms with E-state index < -0.39 is 35.4 Å². The number of ether oxygens (including phenoxy) is 1. The van der Waals surface area contributed by atoms with Crippen molar-refractivity contribution in [3.8, 4) is 0 Å². The van der Waals surface area contributed by atoms with Crippen molar-refractivity contribution in [2.24, 2.45) is 0 Å². The summed E-state index contributed by atoms with van der Waals surface area (Å²) in [4.78, 5) is 50.4. The number of Topliss-reactive ketones (excluding diaryl/α,β-unsaturated/α-hetero) is 1. The number of nitrogens with one attached hydrogen (secondary N) is 3. The molecule has 3 rings (SSSR count). The van der Waals surface area contributed by atoms with E-state index in [1.165, 1.54) is 17.8 Å². The van der Waals surface area contributed by atoms with Gasteiger partial charge in [-0.15, -0.1) is 0 Å². The first-order valence-electron chi connectivity index (χ1n) is 10.7. The maximum atomic E-state index is 12.9. The Morgan fingerprint density at radius 2 is 1.85 bits per heavy atom. The normalized spacial score (nSPS) is 18.4. The molecule has 1 fully saturated rings. The molecule has 3 N–H and O–H groups in total. The van der Waals surface area contributed by atoms with Gasteiger partial charge in [0.2, 0.25) is 11.8 Å². The second-order valence-electron chi connectivity index (χ2n) is 8.22. The quantitative estimate of drug-likeness (QED) is 0.370. The number of aromatic nitrogens is 1. The zero-order valence-corrected chi connectivity index (χ0v) is 20.1. The highest BCUT2D eigenvalue weighted by atomic mass is 32.2. The van der Waals surface area contributed by atoms with Gasteiger partial charge in [0, 0.05) is 11.8 Å². The first-order valence-corrected chi connectivity index (χ1v) is 12.1. The van der Waals surface area contributed by atoms with Crippen molar-refractivity contribution in [2.45, 2.75) is 38.0 Å². The minimum absolute atomic E-state index is 0.0622. The Morgan fingerprint density at radius 1 is 1.15 bits per heavy atom. The largest absolute Gasteiger partial charge is 0.361 e. The topological polar surface area (TPSA) is 143 Å². The lowest BCUT2D eigenvalue weighted by Gasteiger charge is -2.21. The van der Waals surface area contributed by atoms with Gasteiger partial charge in [-0.05, 0) is 32.1 Å². The summed E-state index contributed by atoms with van der Waals surface area (Å²) in [6.07, 6.45) is 2.10. The van der Waals surface area contributed by atoms with Gasteiger partial charge in [-0.25, -0.2) is 0 Å². The summed E-state index contributed by atoms with van der Waals surface area (Å²) in [5, 5.41) is 11.5. The number of ketones is 1. The number of carbonyl (C=O) groups excluding carboxylic acids is 4. The molecule has 3 amide bonds.